The average Bonchev–Trinajstić information content (AvgIpc) is 2.93. The number of hydrogen-bond acceptors (Lipinski definition) is 3. The largest absolute Gasteiger partial charge is 0.250 e. The predicted octanol–water partition coefficient (Wildman–Crippen LogP) is 3.30. The minimum absolute atomic E-state index is 0.261. The lowest BCUT2D eigenvalue weighted by molar-refractivity contribution is 0.421. The Morgan fingerprint density at radius 1 is 1.33 bits per heavy atom. The number of fused-ring (bicyclic) bond motifs is 1. The van der Waals surface area contributed by atoms with Gasteiger partial charge in [0.15, 0.2) is 0 Å². The van der Waals surface area contributed by atoms with E-state index in [2.05, 4.69) is 35.3 Å². The molecule has 0 amide bonds. The highest BCUT2D eigenvalue weighted by molar-refractivity contribution is 7.11. The Kier molecular flexibility index (Phi) is 2.68. The van der Waals surface area contributed by atoms with Crippen LogP contribution in [0.1, 0.15) is 21.0 Å². The molecule has 0 atom stereocenters. The molecule has 0 aliphatic heterocycles. The van der Waals surface area contributed by atoms with Crippen molar-refractivity contribution >= 4 is 11.3 Å². The third-order valence-electron chi connectivity index (χ3n) is 3.60. The van der Waals surface area contributed by atoms with Crippen LogP contribution in [0.4, 0.5) is 0 Å². The van der Waals surface area contributed by atoms with Gasteiger partial charge < -0.3 is 0 Å². The summed E-state index contributed by atoms with van der Waals surface area (Å²) in [4.78, 5) is 5.51. The van der Waals surface area contributed by atoms with Crippen LogP contribution in [-0.2, 0) is 19.3 Å². The van der Waals surface area contributed by atoms with Gasteiger partial charge in [-0.15, -0.1) is 11.3 Å². The zero-order valence-corrected chi connectivity index (χ0v) is 11.1. The van der Waals surface area contributed by atoms with Crippen molar-refractivity contribution in [3.63, 3.8) is 0 Å². The van der Waals surface area contributed by atoms with Gasteiger partial charge in [-0.25, -0.2) is 4.98 Å². The molecule has 0 bridgehead atoms. The molecular weight excluding hydrogens is 240 g/mol. The summed E-state index contributed by atoms with van der Waals surface area (Å²) >= 11 is 1.71. The monoisotopic (exact) mass is 254 g/mol. The topological polar surface area (TPSA) is 36.7 Å². The average molecular weight is 254 g/mol. The van der Waals surface area contributed by atoms with Crippen LogP contribution in [0.3, 0.4) is 0 Å². The lowest BCUT2D eigenvalue weighted by atomic mass is 9.82. The van der Waals surface area contributed by atoms with Crippen molar-refractivity contribution in [3.05, 3.63) is 51.5 Å². The summed E-state index contributed by atoms with van der Waals surface area (Å²) in [5.74, 6) is 0. The zero-order chi connectivity index (χ0) is 12.6. The Labute approximate surface area is 111 Å². The van der Waals surface area contributed by atoms with Crippen LogP contribution in [0.5, 0.6) is 0 Å². The van der Waals surface area contributed by atoms with E-state index in [4.69, 9.17) is 0 Å². The normalized spacial score (nSPS) is 16.2. The third-order valence-corrected chi connectivity index (χ3v) is 4.51. The molecule has 1 aromatic carbocycles. The highest BCUT2D eigenvalue weighted by atomic mass is 32.1. The molecule has 0 saturated heterocycles. The Hall–Kier alpha value is -1.66. The van der Waals surface area contributed by atoms with E-state index in [9.17, 15) is 5.26 Å². The molecule has 1 heterocycles. The van der Waals surface area contributed by atoms with Crippen LogP contribution in [0.2, 0.25) is 0 Å². The van der Waals surface area contributed by atoms with Gasteiger partial charge in [0.25, 0.3) is 0 Å². The number of benzene rings is 1. The quantitative estimate of drug-likeness (QED) is 0.824. The minimum Gasteiger partial charge on any atom is -0.250 e. The number of rotatable bonds is 2. The van der Waals surface area contributed by atoms with Crippen molar-refractivity contribution in [2.24, 2.45) is 5.41 Å². The second kappa shape index (κ2) is 4.22. The molecule has 90 valence electrons. The smallest absolute Gasteiger partial charge is 0.0896 e. The molecule has 0 spiro atoms. The molecule has 1 aliphatic rings. The van der Waals surface area contributed by atoms with E-state index in [1.54, 1.807) is 11.3 Å². The zero-order valence-electron chi connectivity index (χ0n) is 10.3. The van der Waals surface area contributed by atoms with Gasteiger partial charge in [-0.05, 0) is 30.9 Å². The van der Waals surface area contributed by atoms with Crippen molar-refractivity contribution in [1.29, 1.82) is 5.26 Å². The Morgan fingerprint density at radius 2 is 2.00 bits per heavy atom. The van der Waals surface area contributed by atoms with Gasteiger partial charge >= 0.3 is 0 Å². The summed E-state index contributed by atoms with van der Waals surface area (Å²) in [7, 11) is 0. The maximum atomic E-state index is 9.59. The first kappa shape index (κ1) is 11.4. The Bertz CT molecular complexity index is 596. The van der Waals surface area contributed by atoms with Gasteiger partial charge in [-0.3, -0.25) is 0 Å². The number of aromatic nitrogens is 1. The highest BCUT2D eigenvalue weighted by Gasteiger charge is 2.37. The second-order valence-corrected chi connectivity index (χ2v) is 6.36. The Morgan fingerprint density at radius 3 is 2.50 bits per heavy atom. The number of nitriles is 1. The maximum absolute atomic E-state index is 9.59. The van der Waals surface area contributed by atoms with Gasteiger partial charge in [0, 0.05) is 17.5 Å². The fraction of sp³-hybridized carbons (Fsp3) is 0.333. The van der Waals surface area contributed by atoms with Gasteiger partial charge in [0.2, 0.25) is 0 Å². The third kappa shape index (κ3) is 1.93. The number of nitrogens with zero attached hydrogens (tertiary/aromatic N) is 2. The summed E-state index contributed by atoms with van der Waals surface area (Å²) < 4.78 is 0. The van der Waals surface area contributed by atoms with Crippen LogP contribution in [-0.4, -0.2) is 4.98 Å². The Balaban J connectivity index is 1.89. The van der Waals surface area contributed by atoms with Gasteiger partial charge in [0.05, 0.1) is 16.5 Å². The number of aryl methyl sites for hydroxylation is 1. The number of hydrogen-bond donors (Lipinski definition) is 0. The fourth-order valence-corrected chi connectivity index (χ4v) is 3.70. The molecule has 1 aromatic heterocycles. The van der Waals surface area contributed by atoms with E-state index in [1.807, 2.05) is 13.1 Å². The molecule has 18 heavy (non-hydrogen) atoms. The van der Waals surface area contributed by atoms with Crippen molar-refractivity contribution in [2.75, 3.05) is 0 Å². The molecule has 1 aliphatic carbocycles. The van der Waals surface area contributed by atoms with Crippen LogP contribution in [0, 0.1) is 23.7 Å². The van der Waals surface area contributed by atoms with E-state index in [-0.39, 0.29) is 5.41 Å². The van der Waals surface area contributed by atoms with Crippen molar-refractivity contribution in [3.8, 4) is 6.07 Å². The van der Waals surface area contributed by atoms with Crippen molar-refractivity contribution in [2.45, 2.75) is 26.2 Å². The summed E-state index contributed by atoms with van der Waals surface area (Å²) in [5, 5.41) is 10.7. The van der Waals surface area contributed by atoms with E-state index in [1.165, 1.54) is 16.0 Å². The first-order valence-electron chi connectivity index (χ1n) is 6.10. The van der Waals surface area contributed by atoms with Crippen molar-refractivity contribution < 1.29 is 0 Å². The maximum Gasteiger partial charge on any atom is 0.0896 e. The molecule has 0 fully saturated rings. The molecule has 0 unspecified atom stereocenters. The van der Waals surface area contributed by atoms with Crippen LogP contribution in [0.25, 0.3) is 0 Å². The SMILES string of the molecule is Cc1ncc(CC2(C#N)Cc3ccccc3C2)s1. The summed E-state index contributed by atoms with van der Waals surface area (Å²) in [6, 6.07) is 11.0. The van der Waals surface area contributed by atoms with Gasteiger partial charge in [-0.1, -0.05) is 24.3 Å². The van der Waals surface area contributed by atoms with Gasteiger partial charge in [0.1, 0.15) is 0 Å². The lowest BCUT2D eigenvalue weighted by Gasteiger charge is -2.18. The second-order valence-electron chi connectivity index (χ2n) is 5.04. The lowest BCUT2D eigenvalue weighted by Crippen LogP contribution is -2.21. The molecule has 2 aromatic rings. The van der Waals surface area contributed by atoms with Crippen molar-refractivity contribution in [1.82, 2.24) is 4.98 Å². The van der Waals surface area contributed by atoms with Crippen LogP contribution >= 0.6 is 11.3 Å². The molecule has 0 radical (unpaired) electrons. The summed E-state index contributed by atoms with van der Waals surface area (Å²) in [6.07, 6.45) is 4.49. The van der Waals surface area contributed by atoms with Crippen LogP contribution < -0.4 is 0 Å². The first-order chi connectivity index (χ1) is 8.71. The molecule has 2 nitrogen and oxygen atoms in total. The first-order valence-corrected chi connectivity index (χ1v) is 6.92. The van der Waals surface area contributed by atoms with E-state index in [0.717, 1.165) is 24.3 Å². The van der Waals surface area contributed by atoms with E-state index >= 15 is 0 Å². The van der Waals surface area contributed by atoms with Gasteiger partial charge in [-0.2, -0.15) is 5.26 Å². The summed E-state index contributed by atoms with van der Waals surface area (Å²) in [6.45, 7) is 2.01. The minimum atomic E-state index is -0.261. The molecule has 3 rings (SSSR count). The molecule has 0 N–H and O–H groups in total. The molecular formula is C15H14N2S. The van der Waals surface area contributed by atoms with E-state index < -0.39 is 0 Å². The predicted molar refractivity (Wildman–Crippen MR) is 72.5 cm³/mol. The molecule has 3 heteroatoms. The molecule has 0 saturated carbocycles. The number of thiazole rings is 1. The fourth-order valence-electron chi connectivity index (χ4n) is 2.76. The summed E-state index contributed by atoms with van der Waals surface area (Å²) in [5.41, 5.74) is 2.41. The van der Waals surface area contributed by atoms with Crippen LogP contribution in [0.15, 0.2) is 30.5 Å². The standard InChI is InChI=1S/C15H14N2S/c1-11-17-9-14(18-11)8-15(10-16)6-12-4-2-3-5-13(12)7-15/h2-5,9H,6-8H2,1H3. The highest BCUT2D eigenvalue weighted by Crippen LogP contribution is 2.39. The van der Waals surface area contributed by atoms with E-state index in [0.29, 0.717) is 0 Å².